The van der Waals surface area contributed by atoms with Gasteiger partial charge >= 0.3 is 0 Å². The topological polar surface area (TPSA) is 40.0 Å². The van der Waals surface area contributed by atoms with E-state index in [0.29, 0.717) is 0 Å². The molecule has 0 aromatic heterocycles. The van der Waals surface area contributed by atoms with Gasteiger partial charge in [-0.15, -0.1) is 24.0 Å². The van der Waals surface area contributed by atoms with E-state index in [-0.39, 0.29) is 24.0 Å². The third-order valence-electron chi connectivity index (χ3n) is 3.59. The van der Waals surface area contributed by atoms with Gasteiger partial charge in [0.1, 0.15) is 0 Å². The van der Waals surface area contributed by atoms with Crippen molar-refractivity contribution in [3.05, 3.63) is 48.0 Å². The summed E-state index contributed by atoms with van der Waals surface area (Å²) in [6, 6.07) is 14.7. The van der Waals surface area contributed by atoms with Crippen LogP contribution in [-0.2, 0) is 0 Å². The molecule has 1 aliphatic rings. The molecule has 22 heavy (non-hydrogen) atoms. The molecule has 1 N–H and O–H groups in total. The number of benzene rings is 2. The second-order valence-electron chi connectivity index (χ2n) is 5.21. The Morgan fingerprint density at radius 3 is 2.82 bits per heavy atom. The molecule has 4 nitrogen and oxygen atoms in total. The SMILES string of the molecule is CN(/N=C/c1ccc2ccccc2c1)C1=NCCCCN1.I. The van der Waals surface area contributed by atoms with Crippen LogP contribution in [0.1, 0.15) is 18.4 Å². The smallest absolute Gasteiger partial charge is 0.214 e. The molecule has 5 heteroatoms. The van der Waals surface area contributed by atoms with E-state index in [0.717, 1.165) is 37.5 Å². The van der Waals surface area contributed by atoms with Crippen LogP contribution in [0.15, 0.2) is 52.6 Å². The van der Waals surface area contributed by atoms with Crippen molar-refractivity contribution in [3.8, 4) is 0 Å². The van der Waals surface area contributed by atoms with Gasteiger partial charge in [-0.1, -0.05) is 36.4 Å². The number of nitrogens with zero attached hydrogens (tertiary/aromatic N) is 3. The average molecular weight is 408 g/mol. The molecular weight excluding hydrogens is 387 g/mol. The van der Waals surface area contributed by atoms with Gasteiger partial charge < -0.3 is 5.32 Å². The minimum Gasteiger partial charge on any atom is -0.355 e. The zero-order valence-electron chi connectivity index (χ0n) is 12.7. The van der Waals surface area contributed by atoms with Crippen molar-refractivity contribution in [1.29, 1.82) is 0 Å². The van der Waals surface area contributed by atoms with E-state index >= 15 is 0 Å². The summed E-state index contributed by atoms with van der Waals surface area (Å²) in [4.78, 5) is 4.50. The molecule has 0 unspecified atom stereocenters. The second kappa shape index (κ2) is 8.12. The van der Waals surface area contributed by atoms with Gasteiger partial charge in [-0.2, -0.15) is 5.10 Å². The fraction of sp³-hybridized carbons (Fsp3) is 0.294. The summed E-state index contributed by atoms with van der Waals surface area (Å²) in [6.07, 6.45) is 4.18. The molecule has 116 valence electrons. The van der Waals surface area contributed by atoms with Crippen LogP contribution >= 0.6 is 24.0 Å². The van der Waals surface area contributed by atoms with Crippen LogP contribution in [0.3, 0.4) is 0 Å². The van der Waals surface area contributed by atoms with Gasteiger partial charge in [0.05, 0.1) is 6.21 Å². The Morgan fingerprint density at radius 1 is 1.14 bits per heavy atom. The molecule has 0 radical (unpaired) electrons. The van der Waals surface area contributed by atoms with Crippen molar-refractivity contribution < 1.29 is 0 Å². The Hall–Kier alpha value is -1.63. The third kappa shape index (κ3) is 4.19. The van der Waals surface area contributed by atoms with Gasteiger partial charge in [0.25, 0.3) is 0 Å². The van der Waals surface area contributed by atoms with E-state index in [4.69, 9.17) is 0 Å². The number of nitrogens with one attached hydrogen (secondary N) is 1. The maximum atomic E-state index is 4.50. The molecule has 0 amide bonds. The normalized spacial score (nSPS) is 14.9. The summed E-state index contributed by atoms with van der Waals surface area (Å²) >= 11 is 0. The standard InChI is InChI=1S/C17H20N4.HI/c1-21(17-18-10-4-5-11-19-17)20-13-14-8-9-15-6-2-3-7-16(15)12-14;/h2-3,6-9,12-13H,4-5,10-11H2,1H3,(H,18,19);1H/b20-13+;. The molecule has 2 aromatic rings. The predicted molar refractivity (Wildman–Crippen MR) is 104 cm³/mol. The van der Waals surface area contributed by atoms with Gasteiger partial charge in [0.2, 0.25) is 5.96 Å². The number of hydrogen-bond acceptors (Lipinski definition) is 4. The average Bonchev–Trinajstić information content (AvgIpc) is 2.81. The molecule has 1 aliphatic heterocycles. The summed E-state index contributed by atoms with van der Waals surface area (Å²) in [5, 5.41) is 12.1. The Kier molecular flexibility index (Phi) is 6.18. The highest BCUT2D eigenvalue weighted by molar-refractivity contribution is 14.0. The molecule has 0 saturated carbocycles. The first-order valence-electron chi connectivity index (χ1n) is 7.38. The molecule has 2 aromatic carbocycles. The Bertz CT molecular complexity index is 681. The lowest BCUT2D eigenvalue weighted by Gasteiger charge is -2.15. The van der Waals surface area contributed by atoms with Crippen molar-refractivity contribution >= 4 is 46.9 Å². The van der Waals surface area contributed by atoms with Crippen LogP contribution in [-0.4, -0.2) is 37.3 Å². The van der Waals surface area contributed by atoms with E-state index < -0.39 is 0 Å². The summed E-state index contributed by atoms with van der Waals surface area (Å²) < 4.78 is 0. The van der Waals surface area contributed by atoms with Crippen LogP contribution in [0.25, 0.3) is 10.8 Å². The lowest BCUT2D eigenvalue weighted by atomic mass is 10.1. The maximum absolute atomic E-state index is 4.50. The van der Waals surface area contributed by atoms with E-state index in [1.165, 1.54) is 10.8 Å². The predicted octanol–water partition coefficient (Wildman–Crippen LogP) is 3.46. The number of guanidine groups is 1. The van der Waals surface area contributed by atoms with E-state index in [9.17, 15) is 0 Å². The lowest BCUT2D eigenvalue weighted by Crippen LogP contribution is -2.35. The number of rotatable bonds is 2. The summed E-state index contributed by atoms with van der Waals surface area (Å²) in [6.45, 7) is 1.84. The van der Waals surface area contributed by atoms with Crippen LogP contribution in [0.5, 0.6) is 0 Å². The summed E-state index contributed by atoms with van der Waals surface area (Å²) in [5.41, 5.74) is 1.09. The third-order valence-corrected chi connectivity index (χ3v) is 3.59. The van der Waals surface area contributed by atoms with Crippen molar-refractivity contribution in [2.75, 3.05) is 20.1 Å². The molecule has 3 rings (SSSR count). The van der Waals surface area contributed by atoms with Gasteiger partial charge in [-0.3, -0.25) is 4.99 Å². The summed E-state index contributed by atoms with van der Waals surface area (Å²) in [5.74, 6) is 0.851. The molecule has 0 atom stereocenters. The largest absolute Gasteiger partial charge is 0.355 e. The van der Waals surface area contributed by atoms with Crippen molar-refractivity contribution in [3.63, 3.8) is 0 Å². The van der Waals surface area contributed by atoms with E-state index in [1.807, 2.05) is 13.3 Å². The Balaban J connectivity index is 0.00000176. The zero-order chi connectivity index (χ0) is 14.5. The summed E-state index contributed by atoms with van der Waals surface area (Å²) in [7, 11) is 1.93. The fourth-order valence-electron chi connectivity index (χ4n) is 2.39. The van der Waals surface area contributed by atoms with Gasteiger partial charge in [0, 0.05) is 20.1 Å². The van der Waals surface area contributed by atoms with Crippen molar-refractivity contribution in [1.82, 2.24) is 10.3 Å². The van der Waals surface area contributed by atoms with Gasteiger partial charge in [0.15, 0.2) is 0 Å². The van der Waals surface area contributed by atoms with Crippen LogP contribution in [0, 0.1) is 0 Å². The van der Waals surface area contributed by atoms with Gasteiger partial charge in [-0.05, 0) is 35.2 Å². The lowest BCUT2D eigenvalue weighted by molar-refractivity contribution is 0.521. The van der Waals surface area contributed by atoms with Crippen molar-refractivity contribution in [2.45, 2.75) is 12.8 Å². The maximum Gasteiger partial charge on any atom is 0.214 e. The van der Waals surface area contributed by atoms with Crippen LogP contribution < -0.4 is 5.32 Å². The molecule has 0 spiro atoms. The number of halogens is 1. The minimum absolute atomic E-state index is 0. The first-order valence-corrected chi connectivity index (χ1v) is 7.38. The van der Waals surface area contributed by atoms with Gasteiger partial charge in [-0.25, -0.2) is 5.01 Å². The zero-order valence-corrected chi connectivity index (χ0v) is 15.0. The minimum atomic E-state index is 0. The van der Waals surface area contributed by atoms with Crippen LogP contribution in [0.2, 0.25) is 0 Å². The quantitative estimate of drug-likeness (QED) is 0.470. The van der Waals surface area contributed by atoms with E-state index in [1.54, 1.807) is 5.01 Å². The second-order valence-corrected chi connectivity index (χ2v) is 5.21. The first kappa shape index (κ1) is 16.7. The Morgan fingerprint density at radius 2 is 1.95 bits per heavy atom. The molecule has 0 fully saturated rings. The number of fused-ring (bicyclic) bond motifs is 1. The molecular formula is C17H21IN4. The first-order chi connectivity index (χ1) is 10.3. The number of hydrazone groups is 1. The van der Waals surface area contributed by atoms with E-state index in [2.05, 4.69) is 57.9 Å². The highest BCUT2D eigenvalue weighted by Crippen LogP contribution is 2.14. The highest BCUT2D eigenvalue weighted by atomic mass is 127. The molecule has 0 bridgehead atoms. The highest BCUT2D eigenvalue weighted by Gasteiger charge is 2.06. The molecule has 0 aliphatic carbocycles. The molecule has 0 saturated heterocycles. The Labute approximate surface area is 148 Å². The molecule has 1 heterocycles. The fourth-order valence-corrected chi connectivity index (χ4v) is 2.39. The number of hydrogen-bond donors (Lipinski definition) is 1. The number of aliphatic imine (C=N–C) groups is 1. The monoisotopic (exact) mass is 408 g/mol. The van der Waals surface area contributed by atoms with Crippen LogP contribution in [0.4, 0.5) is 0 Å². The van der Waals surface area contributed by atoms with Crippen molar-refractivity contribution in [2.24, 2.45) is 10.1 Å².